The summed E-state index contributed by atoms with van der Waals surface area (Å²) in [5.41, 5.74) is 1.82. The van der Waals surface area contributed by atoms with Gasteiger partial charge in [-0.05, 0) is 19.8 Å². The molecule has 0 bridgehead atoms. The number of amides is 1. The molecular formula is C18H24N2O3. The highest BCUT2D eigenvalue weighted by Crippen LogP contribution is 2.24. The zero-order chi connectivity index (χ0) is 16.7. The molecule has 1 aromatic carbocycles. The number of aromatic nitrogens is 1. The van der Waals surface area contributed by atoms with Crippen LogP contribution in [0.3, 0.4) is 0 Å². The number of carbonyl (C=O) groups excluding carboxylic acids is 1. The summed E-state index contributed by atoms with van der Waals surface area (Å²) < 4.78 is 5.80. The Balaban J connectivity index is 1.93. The van der Waals surface area contributed by atoms with Crippen LogP contribution in [-0.2, 0) is 11.2 Å². The van der Waals surface area contributed by atoms with E-state index in [9.17, 15) is 4.79 Å². The Morgan fingerprint density at radius 2 is 2.09 bits per heavy atom. The molecule has 23 heavy (non-hydrogen) atoms. The van der Waals surface area contributed by atoms with Crippen molar-refractivity contribution in [3.05, 3.63) is 41.9 Å². The highest BCUT2D eigenvalue weighted by molar-refractivity contribution is 5.76. The van der Waals surface area contributed by atoms with Gasteiger partial charge >= 0.3 is 0 Å². The van der Waals surface area contributed by atoms with Crippen LogP contribution in [0.15, 0.2) is 34.7 Å². The van der Waals surface area contributed by atoms with Crippen molar-refractivity contribution < 1.29 is 14.3 Å². The first kappa shape index (κ1) is 17.2. The van der Waals surface area contributed by atoms with Crippen LogP contribution >= 0.6 is 0 Å². The molecule has 0 aliphatic heterocycles. The van der Waals surface area contributed by atoms with Crippen molar-refractivity contribution in [3.8, 4) is 11.3 Å². The van der Waals surface area contributed by atoms with E-state index >= 15 is 0 Å². The Kier molecular flexibility index (Phi) is 6.35. The van der Waals surface area contributed by atoms with Crippen LogP contribution in [0.4, 0.5) is 0 Å². The molecule has 0 spiro atoms. The molecule has 5 heteroatoms. The summed E-state index contributed by atoms with van der Waals surface area (Å²) in [5.74, 6) is 1.29. The van der Waals surface area contributed by atoms with E-state index in [0.717, 1.165) is 23.4 Å². The van der Waals surface area contributed by atoms with Crippen molar-refractivity contribution in [2.75, 3.05) is 6.61 Å². The molecule has 0 saturated heterocycles. The first-order chi connectivity index (χ1) is 11.1. The van der Waals surface area contributed by atoms with Crippen LogP contribution in [0.25, 0.3) is 11.3 Å². The molecule has 1 heterocycles. The number of carbonyl (C=O) groups is 1. The third kappa shape index (κ3) is 4.93. The van der Waals surface area contributed by atoms with Crippen molar-refractivity contribution in [3.63, 3.8) is 0 Å². The van der Waals surface area contributed by atoms with Gasteiger partial charge in [-0.15, -0.1) is 0 Å². The highest BCUT2D eigenvalue weighted by atomic mass is 16.4. The predicted octanol–water partition coefficient (Wildman–Crippen LogP) is 2.86. The maximum Gasteiger partial charge on any atom is 0.220 e. The van der Waals surface area contributed by atoms with E-state index in [1.54, 1.807) is 0 Å². The van der Waals surface area contributed by atoms with E-state index < -0.39 is 0 Å². The Morgan fingerprint density at radius 3 is 2.74 bits per heavy atom. The first-order valence-electron chi connectivity index (χ1n) is 8.06. The molecule has 0 fully saturated rings. The minimum Gasteiger partial charge on any atom is -0.440 e. The van der Waals surface area contributed by atoms with E-state index in [1.165, 1.54) is 0 Å². The number of nitrogens with one attached hydrogen (secondary N) is 1. The largest absolute Gasteiger partial charge is 0.440 e. The van der Waals surface area contributed by atoms with Crippen LogP contribution in [0.1, 0.15) is 37.8 Å². The fraction of sp³-hybridized carbons (Fsp3) is 0.444. The average molecular weight is 316 g/mol. The molecule has 2 N–H and O–H groups in total. The van der Waals surface area contributed by atoms with Crippen molar-refractivity contribution >= 4 is 5.91 Å². The van der Waals surface area contributed by atoms with Crippen LogP contribution in [0.5, 0.6) is 0 Å². The Morgan fingerprint density at radius 1 is 1.35 bits per heavy atom. The lowest BCUT2D eigenvalue weighted by molar-refractivity contribution is -0.121. The van der Waals surface area contributed by atoms with E-state index in [0.29, 0.717) is 25.2 Å². The summed E-state index contributed by atoms with van der Waals surface area (Å²) in [6.07, 6.45) is 2.19. The van der Waals surface area contributed by atoms with Crippen molar-refractivity contribution in [1.29, 1.82) is 0 Å². The maximum absolute atomic E-state index is 12.0. The minimum atomic E-state index is -0.0394. The topological polar surface area (TPSA) is 75.4 Å². The van der Waals surface area contributed by atoms with Gasteiger partial charge < -0.3 is 14.8 Å². The third-order valence-electron chi connectivity index (χ3n) is 3.78. The number of hydrogen-bond acceptors (Lipinski definition) is 4. The second kappa shape index (κ2) is 8.48. The number of hydrogen-bond donors (Lipinski definition) is 2. The molecule has 5 nitrogen and oxygen atoms in total. The van der Waals surface area contributed by atoms with E-state index in [-0.39, 0.29) is 18.6 Å². The van der Waals surface area contributed by atoms with Crippen molar-refractivity contribution in [2.45, 2.75) is 45.6 Å². The summed E-state index contributed by atoms with van der Waals surface area (Å²) >= 11 is 0. The second-order valence-corrected chi connectivity index (χ2v) is 5.57. The molecule has 1 unspecified atom stereocenters. The monoisotopic (exact) mass is 316 g/mol. The lowest BCUT2D eigenvalue weighted by atomic mass is 10.1. The lowest BCUT2D eigenvalue weighted by Gasteiger charge is -2.15. The maximum atomic E-state index is 12.0. The molecule has 0 aliphatic carbocycles. The molecule has 2 rings (SSSR count). The van der Waals surface area contributed by atoms with Gasteiger partial charge in [0.15, 0.2) is 11.7 Å². The zero-order valence-electron chi connectivity index (χ0n) is 13.7. The molecule has 1 aromatic heterocycles. The zero-order valence-corrected chi connectivity index (χ0v) is 13.7. The number of aliphatic hydroxyl groups excluding tert-OH is 1. The number of aliphatic hydroxyl groups is 1. The molecule has 2 aromatic rings. The molecule has 0 saturated carbocycles. The lowest BCUT2D eigenvalue weighted by Crippen LogP contribution is -2.35. The van der Waals surface area contributed by atoms with Crippen LogP contribution < -0.4 is 5.32 Å². The number of nitrogens with zero attached hydrogens (tertiary/aromatic N) is 1. The molecule has 0 radical (unpaired) electrons. The Hall–Kier alpha value is -2.14. The molecule has 124 valence electrons. The molecule has 1 amide bonds. The van der Waals surface area contributed by atoms with E-state index in [4.69, 9.17) is 9.52 Å². The van der Waals surface area contributed by atoms with Crippen LogP contribution in [0.2, 0.25) is 0 Å². The Bertz CT molecular complexity index is 622. The number of benzene rings is 1. The van der Waals surface area contributed by atoms with Gasteiger partial charge in [0.1, 0.15) is 0 Å². The van der Waals surface area contributed by atoms with Gasteiger partial charge in [0.2, 0.25) is 5.91 Å². The van der Waals surface area contributed by atoms with Gasteiger partial charge in [0.25, 0.3) is 0 Å². The summed E-state index contributed by atoms with van der Waals surface area (Å²) in [7, 11) is 0. The smallest absolute Gasteiger partial charge is 0.220 e. The predicted molar refractivity (Wildman–Crippen MR) is 88.9 cm³/mol. The fourth-order valence-corrected chi connectivity index (χ4v) is 2.47. The van der Waals surface area contributed by atoms with Gasteiger partial charge in [-0.2, -0.15) is 0 Å². The second-order valence-electron chi connectivity index (χ2n) is 5.57. The fourth-order valence-electron chi connectivity index (χ4n) is 2.47. The standard InChI is InChI=1S/C18H24N2O3/c1-3-15(11-12-21)20-16(22)9-10-17-19-13(2)18(23-17)14-7-5-4-6-8-14/h4-8,15,21H,3,9-12H2,1-2H3,(H,20,22). The first-order valence-corrected chi connectivity index (χ1v) is 8.06. The van der Waals surface area contributed by atoms with Gasteiger partial charge in [0.05, 0.1) is 5.69 Å². The van der Waals surface area contributed by atoms with Gasteiger partial charge in [-0.25, -0.2) is 4.98 Å². The van der Waals surface area contributed by atoms with Crippen molar-refractivity contribution in [1.82, 2.24) is 10.3 Å². The van der Waals surface area contributed by atoms with Crippen LogP contribution in [0, 0.1) is 6.92 Å². The summed E-state index contributed by atoms with van der Waals surface area (Å²) in [4.78, 5) is 16.4. The summed E-state index contributed by atoms with van der Waals surface area (Å²) in [6, 6.07) is 9.85. The highest BCUT2D eigenvalue weighted by Gasteiger charge is 2.14. The SMILES string of the molecule is CCC(CCO)NC(=O)CCc1nc(C)c(-c2ccccc2)o1. The summed E-state index contributed by atoms with van der Waals surface area (Å²) in [6.45, 7) is 3.98. The quantitative estimate of drug-likeness (QED) is 0.785. The van der Waals surface area contributed by atoms with Gasteiger partial charge in [0, 0.05) is 31.1 Å². The molecular weight excluding hydrogens is 292 g/mol. The third-order valence-corrected chi connectivity index (χ3v) is 3.78. The Labute approximate surface area is 136 Å². The van der Waals surface area contributed by atoms with Gasteiger partial charge in [-0.3, -0.25) is 4.79 Å². The number of rotatable bonds is 8. The van der Waals surface area contributed by atoms with Gasteiger partial charge in [-0.1, -0.05) is 37.3 Å². The normalized spacial score (nSPS) is 12.1. The average Bonchev–Trinajstić information content (AvgIpc) is 2.94. The summed E-state index contributed by atoms with van der Waals surface area (Å²) in [5, 5.41) is 11.9. The molecule has 0 aliphatic rings. The van der Waals surface area contributed by atoms with Crippen molar-refractivity contribution in [2.24, 2.45) is 0 Å². The van der Waals surface area contributed by atoms with E-state index in [1.807, 2.05) is 44.2 Å². The van der Waals surface area contributed by atoms with E-state index in [2.05, 4.69) is 10.3 Å². The molecule has 1 atom stereocenters. The van der Waals surface area contributed by atoms with Crippen LogP contribution in [-0.4, -0.2) is 28.6 Å². The number of aryl methyl sites for hydroxylation is 2. The minimum absolute atomic E-state index is 0.0266. The number of oxazole rings is 1.